The largest absolute Gasteiger partial charge is 0.479 e. The quantitative estimate of drug-likeness (QED) is 0.498. The molecule has 0 radical (unpaired) electrons. The number of rotatable bonds is 9. The van der Waals surface area contributed by atoms with Gasteiger partial charge in [0.25, 0.3) is 0 Å². The minimum atomic E-state index is -1.17. The maximum absolute atomic E-state index is 13.3. The Balaban J connectivity index is 1.72. The third kappa shape index (κ3) is 5.24. The van der Waals surface area contributed by atoms with Crippen molar-refractivity contribution in [3.63, 3.8) is 0 Å². The van der Waals surface area contributed by atoms with Gasteiger partial charge in [0.2, 0.25) is 5.78 Å². The molecule has 2 N–H and O–H groups in total. The highest BCUT2D eigenvalue weighted by Crippen LogP contribution is 2.42. The minimum Gasteiger partial charge on any atom is -0.479 e. The summed E-state index contributed by atoms with van der Waals surface area (Å²) in [4.78, 5) is 12.7. The van der Waals surface area contributed by atoms with Crippen LogP contribution in [0.15, 0.2) is 52.9 Å². The zero-order valence-corrected chi connectivity index (χ0v) is 18.4. The van der Waals surface area contributed by atoms with Crippen molar-refractivity contribution in [2.75, 3.05) is 11.5 Å². The number of aliphatic hydroxyl groups excluding tert-OH is 2. The summed E-state index contributed by atoms with van der Waals surface area (Å²) < 4.78 is 19.3. The van der Waals surface area contributed by atoms with E-state index in [0.29, 0.717) is 23.5 Å². The maximum Gasteiger partial charge on any atom is 0.206 e. The van der Waals surface area contributed by atoms with Crippen LogP contribution in [0.4, 0.5) is 4.39 Å². The van der Waals surface area contributed by atoms with Crippen LogP contribution in [-0.4, -0.2) is 39.7 Å². The molecule has 4 nitrogen and oxygen atoms in total. The highest BCUT2D eigenvalue weighted by Gasteiger charge is 2.42. The standard InChI is InChI=1S/C21H23FO4S3/c1-21(14-2-4-15(22)5-3-14)20(25)9-16(26-21)8-19(13-6-7-28-11-13)29-12-18(24)17(23)10-27/h2-7,9,11,17-19,23-24,27H,8,10,12H2,1H3/t17-,18+,19?,21?/m1/s1. The van der Waals surface area contributed by atoms with E-state index in [1.165, 1.54) is 30.0 Å². The molecule has 0 aliphatic carbocycles. The predicted molar refractivity (Wildman–Crippen MR) is 118 cm³/mol. The number of ether oxygens (including phenoxy) is 1. The van der Waals surface area contributed by atoms with Crippen molar-refractivity contribution in [2.24, 2.45) is 0 Å². The molecule has 0 saturated heterocycles. The molecule has 2 aromatic rings. The molecule has 1 aliphatic heterocycles. The smallest absolute Gasteiger partial charge is 0.206 e. The van der Waals surface area contributed by atoms with Gasteiger partial charge in [-0.25, -0.2) is 4.39 Å². The summed E-state index contributed by atoms with van der Waals surface area (Å²) in [6, 6.07) is 7.75. The number of hydrogen-bond acceptors (Lipinski definition) is 7. The van der Waals surface area contributed by atoms with E-state index in [1.54, 1.807) is 30.4 Å². The van der Waals surface area contributed by atoms with Crippen molar-refractivity contribution in [3.05, 3.63) is 69.9 Å². The van der Waals surface area contributed by atoms with Gasteiger partial charge in [0, 0.05) is 34.8 Å². The predicted octanol–water partition coefficient (Wildman–Crippen LogP) is 4.10. The first-order valence-electron chi connectivity index (χ1n) is 9.14. The monoisotopic (exact) mass is 454 g/mol. The van der Waals surface area contributed by atoms with Gasteiger partial charge in [-0.3, -0.25) is 4.79 Å². The number of aliphatic hydroxyl groups is 2. The summed E-state index contributed by atoms with van der Waals surface area (Å²) in [5.41, 5.74) is 0.497. The fourth-order valence-electron chi connectivity index (χ4n) is 3.06. The first-order valence-corrected chi connectivity index (χ1v) is 11.8. The lowest BCUT2D eigenvalue weighted by atomic mass is 9.92. The Labute approximate surface area is 183 Å². The molecule has 3 rings (SSSR count). The SMILES string of the molecule is CC1(c2ccc(F)cc2)OC(CC(SC[C@H](O)[C@H](O)CS)c2ccsc2)=CC1=O. The van der Waals surface area contributed by atoms with Crippen molar-refractivity contribution < 1.29 is 24.1 Å². The van der Waals surface area contributed by atoms with Crippen LogP contribution in [0.5, 0.6) is 0 Å². The molecule has 2 heterocycles. The van der Waals surface area contributed by atoms with Crippen LogP contribution >= 0.6 is 35.7 Å². The second-order valence-electron chi connectivity index (χ2n) is 7.02. The molecule has 1 aromatic carbocycles. The second kappa shape index (κ2) is 9.66. The highest BCUT2D eigenvalue weighted by molar-refractivity contribution is 7.99. The summed E-state index contributed by atoms with van der Waals surface area (Å²) in [6.07, 6.45) is 0.193. The van der Waals surface area contributed by atoms with Crippen molar-refractivity contribution in [1.82, 2.24) is 0 Å². The van der Waals surface area contributed by atoms with E-state index in [0.717, 1.165) is 5.56 Å². The first kappa shape index (κ1) is 22.4. The number of carbonyl (C=O) groups is 1. The van der Waals surface area contributed by atoms with E-state index >= 15 is 0 Å². The minimum absolute atomic E-state index is 0.0439. The fraction of sp³-hybridized carbons (Fsp3) is 0.381. The van der Waals surface area contributed by atoms with Crippen LogP contribution in [0.1, 0.15) is 29.7 Å². The van der Waals surface area contributed by atoms with Crippen LogP contribution in [0, 0.1) is 5.82 Å². The van der Waals surface area contributed by atoms with Gasteiger partial charge in [-0.15, -0.1) is 0 Å². The number of benzene rings is 1. The molecule has 1 aromatic heterocycles. The van der Waals surface area contributed by atoms with E-state index in [2.05, 4.69) is 12.6 Å². The van der Waals surface area contributed by atoms with Gasteiger partial charge in [0.15, 0.2) is 5.60 Å². The fourth-order valence-corrected chi connectivity index (χ4v) is 5.37. The van der Waals surface area contributed by atoms with Crippen LogP contribution < -0.4 is 0 Å². The molecule has 0 amide bonds. The Morgan fingerprint density at radius 2 is 1.97 bits per heavy atom. The van der Waals surface area contributed by atoms with Crippen LogP contribution in [-0.2, 0) is 15.1 Å². The number of halogens is 1. The number of thiophene rings is 1. The number of allylic oxidation sites excluding steroid dienone is 1. The Kier molecular flexibility index (Phi) is 7.45. The van der Waals surface area contributed by atoms with Crippen LogP contribution in [0.2, 0.25) is 0 Å². The molecule has 156 valence electrons. The lowest BCUT2D eigenvalue weighted by Gasteiger charge is -2.26. The molecule has 1 aliphatic rings. The average molecular weight is 455 g/mol. The average Bonchev–Trinajstić information content (AvgIpc) is 3.33. The van der Waals surface area contributed by atoms with Gasteiger partial charge in [-0.05, 0) is 41.4 Å². The zero-order valence-electron chi connectivity index (χ0n) is 15.8. The van der Waals surface area contributed by atoms with E-state index in [-0.39, 0.29) is 22.6 Å². The number of thiol groups is 1. The van der Waals surface area contributed by atoms with Gasteiger partial charge < -0.3 is 14.9 Å². The topological polar surface area (TPSA) is 66.8 Å². The summed E-state index contributed by atoms with van der Waals surface area (Å²) in [5, 5.41) is 23.8. The van der Waals surface area contributed by atoms with Gasteiger partial charge >= 0.3 is 0 Å². The molecule has 0 spiro atoms. The summed E-state index contributed by atoms with van der Waals surface area (Å²) in [5.74, 6) is 0.517. The van der Waals surface area contributed by atoms with Gasteiger partial charge in [-0.2, -0.15) is 35.7 Å². The third-order valence-electron chi connectivity index (χ3n) is 4.89. The van der Waals surface area contributed by atoms with E-state index in [1.807, 2.05) is 16.8 Å². The zero-order chi connectivity index (χ0) is 21.0. The maximum atomic E-state index is 13.3. The van der Waals surface area contributed by atoms with E-state index in [9.17, 15) is 19.4 Å². The second-order valence-corrected chi connectivity index (χ2v) is 9.40. The highest BCUT2D eigenvalue weighted by atomic mass is 32.2. The lowest BCUT2D eigenvalue weighted by Crippen LogP contribution is -2.30. The molecule has 0 bridgehead atoms. The van der Waals surface area contributed by atoms with Crippen molar-refractivity contribution >= 4 is 41.5 Å². The molecule has 8 heteroatoms. The first-order chi connectivity index (χ1) is 13.8. The Morgan fingerprint density at radius 1 is 1.24 bits per heavy atom. The summed E-state index contributed by atoms with van der Waals surface area (Å²) >= 11 is 7.08. The molecule has 2 unspecified atom stereocenters. The Morgan fingerprint density at radius 3 is 2.59 bits per heavy atom. The summed E-state index contributed by atoms with van der Waals surface area (Å²) in [7, 11) is 0. The van der Waals surface area contributed by atoms with E-state index in [4.69, 9.17) is 4.74 Å². The third-order valence-corrected chi connectivity index (χ3v) is 7.34. The lowest BCUT2D eigenvalue weighted by molar-refractivity contribution is -0.129. The number of hydrogen-bond donors (Lipinski definition) is 3. The normalized spacial score (nSPS) is 22.1. The van der Waals surface area contributed by atoms with Gasteiger partial charge in [-0.1, -0.05) is 12.1 Å². The van der Waals surface area contributed by atoms with Crippen molar-refractivity contribution in [2.45, 2.75) is 36.4 Å². The molecule has 0 saturated carbocycles. The molecular weight excluding hydrogens is 431 g/mol. The molecule has 4 atom stereocenters. The Hall–Kier alpha value is -1.32. The van der Waals surface area contributed by atoms with Crippen LogP contribution in [0.3, 0.4) is 0 Å². The van der Waals surface area contributed by atoms with Gasteiger partial charge in [0.1, 0.15) is 11.6 Å². The summed E-state index contributed by atoms with van der Waals surface area (Å²) in [6.45, 7) is 1.69. The number of ketones is 1. The van der Waals surface area contributed by atoms with Gasteiger partial charge in [0.05, 0.1) is 12.2 Å². The van der Waals surface area contributed by atoms with Crippen molar-refractivity contribution in [1.29, 1.82) is 0 Å². The van der Waals surface area contributed by atoms with E-state index < -0.39 is 17.8 Å². The van der Waals surface area contributed by atoms with Crippen molar-refractivity contribution in [3.8, 4) is 0 Å². The Bertz CT molecular complexity index is 853. The molecule has 29 heavy (non-hydrogen) atoms. The number of thioether (sulfide) groups is 1. The van der Waals surface area contributed by atoms with Crippen LogP contribution in [0.25, 0.3) is 0 Å². The number of carbonyl (C=O) groups excluding carboxylic acids is 1. The molecule has 0 fully saturated rings. The molecular formula is C21H23FO4S3.